The molecule has 0 fully saturated rings. The summed E-state index contributed by atoms with van der Waals surface area (Å²) in [5.74, 6) is 0.0431. The monoisotopic (exact) mass is 294 g/mol. The van der Waals surface area contributed by atoms with Gasteiger partial charge in [-0.1, -0.05) is 17.7 Å². The number of aromatic nitrogens is 1. The van der Waals surface area contributed by atoms with Crippen molar-refractivity contribution in [3.63, 3.8) is 0 Å². The normalized spacial score (nSPS) is 12.6. The first-order valence-electron chi connectivity index (χ1n) is 6.65. The number of hydrogen-bond acceptors (Lipinski definition) is 2. The molecule has 4 nitrogen and oxygen atoms in total. The van der Waals surface area contributed by atoms with Gasteiger partial charge in [0, 0.05) is 35.7 Å². The molecule has 0 aliphatic carbocycles. The Bertz CT molecular complexity index is 607. The molecule has 1 aromatic heterocycles. The smallest absolute Gasteiger partial charge is 0.226 e. The first-order valence-corrected chi connectivity index (χ1v) is 7.02. The maximum absolute atomic E-state index is 12.1. The summed E-state index contributed by atoms with van der Waals surface area (Å²) in [6, 6.07) is 5.59. The van der Waals surface area contributed by atoms with Gasteiger partial charge in [0.2, 0.25) is 5.91 Å². The lowest BCUT2D eigenvalue weighted by Crippen LogP contribution is -2.30. The highest BCUT2D eigenvalue weighted by molar-refractivity contribution is 6.31. The minimum Gasteiger partial charge on any atom is -0.393 e. The third kappa shape index (κ3) is 3.52. The maximum Gasteiger partial charge on any atom is 0.226 e. The molecule has 2 N–H and O–H groups in total. The van der Waals surface area contributed by atoms with E-state index in [1.165, 1.54) is 0 Å². The van der Waals surface area contributed by atoms with Crippen LogP contribution >= 0.6 is 11.6 Å². The quantitative estimate of drug-likeness (QED) is 0.890. The number of likely N-dealkylation sites (N-methyl/N-ethyl adjacent to an activating group) is 1. The van der Waals surface area contributed by atoms with Crippen molar-refractivity contribution < 1.29 is 9.90 Å². The van der Waals surface area contributed by atoms with Gasteiger partial charge in [-0.05, 0) is 31.0 Å². The molecule has 0 aliphatic heterocycles. The summed E-state index contributed by atoms with van der Waals surface area (Å²) in [4.78, 5) is 16.9. The summed E-state index contributed by atoms with van der Waals surface area (Å²) < 4.78 is 0. The molecule has 5 heteroatoms. The fourth-order valence-electron chi connectivity index (χ4n) is 2.11. The van der Waals surface area contributed by atoms with Gasteiger partial charge >= 0.3 is 0 Å². The molecular formula is C15H19ClN2O2. The summed E-state index contributed by atoms with van der Waals surface area (Å²) in [7, 11) is 1.76. The van der Waals surface area contributed by atoms with Crippen LogP contribution in [0.15, 0.2) is 24.4 Å². The molecule has 0 radical (unpaired) electrons. The Morgan fingerprint density at radius 3 is 2.95 bits per heavy atom. The lowest BCUT2D eigenvalue weighted by molar-refractivity contribution is -0.129. The number of aliphatic hydroxyl groups is 1. The standard InChI is InChI=1S/C15H19ClN2O2/c1-10(19)5-6-18(2)15(20)7-11-9-17-14-8-12(16)3-4-13(11)14/h3-4,8-10,17,19H,5-7H2,1-2H3. The number of fused-ring (bicyclic) bond motifs is 1. The van der Waals surface area contributed by atoms with Crippen molar-refractivity contribution in [3.8, 4) is 0 Å². The molecular weight excluding hydrogens is 276 g/mol. The predicted molar refractivity (Wildman–Crippen MR) is 80.9 cm³/mol. The number of benzene rings is 1. The molecule has 0 aliphatic rings. The highest BCUT2D eigenvalue weighted by Gasteiger charge is 2.13. The first kappa shape index (κ1) is 14.9. The lowest BCUT2D eigenvalue weighted by Gasteiger charge is -2.17. The zero-order chi connectivity index (χ0) is 14.7. The molecule has 2 rings (SSSR count). The van der Waals surface area contributed by atoms with Crippen LogP contribution in [-0.2, 0) is 11.2 Å². The van der Waals surface area contributed by atoms with E-state index in [1.54, 1.807) is 18.9 Å². The SMILES string of the molecule is CC(O)CCN(C)C(=O)Cc1c[nH]c2cc(Cl)ccc12. The number of aliphatic hydroxyl groups excluding tert-OH is 1. The maximum atomic E-state index is 12.1. The molecule has 2 aromatic rings. The number of H-pyrrole nitrogens is 1. The Kier molecular flexibility index (Phi) is 4.68. The minimum absolute atomic E-state index is 0.0431. The van der Waals surface area contributed by atoms with E-state index in [2.05, 4.69) is 4.98 Å². The van der Waals surface area contributed by atoms with E-state index >= 15 is 0 Å². The van der Waals surface area contributed by atoms with Crippen LogP contribution < -0.4 is 0 Å². The fourth-order valence-corrected chi connectivity index (χ4v) is 2.28. The van der Waals surface area contributed by atoms with Gasteiger partial charge in [-0.2, -0.15) is 0 Å². The van der Waals surface area contributed by atoms with E-state index in [1.807, 2.05) is 24.4 Å². The van der Waals surface area contributed by atoms with Gasteiger partial charge in [0.15, 0.2) is 0 Å². The summed E-state index contributed by atoms with van der Waals surface area (Å²) in [6.45, 7) is 2.28. The van der Waals surface area contributed by atoms with E-state index in [-0.39, 0.29) is 12.0 Å². The number of halogens is 1. The second kappa shape index (κ2) is 6.29. The molecule has 0 saturated heterocycles. The largest absolute Gasteiger partial charge is 0.393 e. The van der Waals surface area contributed by atoms with Crippen molar-refractivity contribution >= 4 is 28.4 Å². The number of carbonyl (C=O) groups is 1. The second-order valence-electron chi connectivity index (χ2n) is 5.13. The average Bonchev–Trinajstić information content (AvgIpc) is 2.78. The molecule has 1 atom stereocenters. The predicted octanol–water partition coefficient (Wildman–Crippen LogP) is 2.59. The van der Waals surface area contributed by atoms with Gasteiger partial charge in [0.05, 0.1) is 12.5 Å². The van der Waals surface area contributed by atoms with Gasteiger partial charge in [-0.3, -0.25) is 4.79 Å². The molecule has 0 spiro atoms. The van der Waals surface area contributed by atoms with Crippen LogP contribution in [0.5, 0.6) is 0 Å². The number of nitrogens with zero attached hydrogens (tertiary/aromatic N) is 1. The number of carbonyl (C=O) groups excluding carboxylic acids is 1. The summed E-state index contributed by atoms with van der Waals surface area (Å²) in [5.41, 5.74) is 1.90. The molecule has 1 heterocycles. The van der Waals surface area contributed by atoms with Gasteiger partial charge < -0.3 is 15.0 Å². The van der Waals surface area contributed by atoms with Crippen LogP contribution in [0.3, 0.4) is 0 Å². The Morgan fingerprint density at radius 1 is 1.50 bits per heavy atom. The Balaban J connectivity index is 2.06. The van der Waals surface area contributed by atoms with E-state index in [0.717, 1.165) is 16.5 Å². The number of nitrogens with one attached hydrogen (secondary N) is 1. The van der Waals surface area contributed by atoms with Crippen LogP contribution in [0.25, 0.3) is 10.9 Å². The zero-order valence-corrected chi connectivity index (χ0v) is 12.4. The third-order valence-electron chi connectivity index (χ3n) is 3.38. The van der Waals surface area contributed by atoms with Crippen molar-refractivity contribution in [1.82, 2.24) is 9.88 Å². The van der Waals surface area contributed by atoms with Crippen molar-refractivity contribution in [1.29, 1.82) is 0 Å². The van der Waals surface area contributed by atoms with E-state index < -0.39 is 0 Å². The van der Waals surface area contributed by atoms with Crippen LogP contribution in [0.2, 0.25) is 5.02 Å². The first-order chi connectivity index (χ1) is 9.47. The van der Waals surface area contributed by atoms with Crippen molar-refractivity contribution in [3.05, 3.63) is 35.0 Å². The molecule has 20 heavy (non-hydrogen) atoms. The number of aromatic amines is 1. The summed E-state index contributed by atoms with van der Waals surface area (Å²) in [6.07, 6.45) is 2.39. The van der Waals surface area contributed by atoms with Gasteiger partial charge in [0.25, 0.3) is 0 Å². The third-order valence-corrected chi connectivity index (χ3v) is 3.61. The van der Waals surface area contributed by atoms with Crippen LogP contribution in [0, 0.1) is 0 Å². The topological polar surface area (TPSA) is 56.3 Å². The number of rotatable bonds is 5. The van der Waals surface area contributed by atoms with E-state index in [0.29, 0.717) is 24.4 Å². The van der Waals surface area contributed by atoms with Gasteiger partial charge in [-0.25, -0.2) is 0 Å². The number of amides is 1. The Morgan fingerprint density at radius 2 is 2.25 bits per heavy atom. The van der Waals surface area contributed by atoms with Crippen molar-refractivity contribution in [2.45, 2.75) is 25.9 Å². The molecule has 108 valence electrons. The Labute approximate surface area is 123 Å². The molecule has 1 aromatic carbocycles. The Hall–Kier alpha value is -1.52. The van der Waals surface area contributed by atoms with E-state index in [9.17, 15) is 9.90 Å². The highest BCUT2D eigenvalue weighted by Crippen LogP contribution is 2.22. The highest BCUT2D eigenvalue weighted by atomic mass is 35.5. The van der Waals surface area contributed by atoms with Gasteiger partial charge in [-0.15, -0.1) is 0 Å². The lowest BCUT2D eigenvalue weighted by atomic mass is 10.1. The van der Waals surface area contributed by atoms with Crippen LogP contribution in [0.1, 0.15) is 18.9 Å². The average molecular weight is 295 g/mol. The number of hydrogen-bond donors (Lipinski definition) is 2. The van der Waals surface area contributed by atoms with E-state index in [4.69, 9.17) is 11.6 Å². The van der Waals surface area contributed by atoms with Crippen LogP contribution in [-0.4, -0.2) is 40.6 Å². The molecule has 0 saturated carbocycles. The summed E-state index contributed by atoms with van der Waals surface area (Å²) >= 11 is 5.94. The summed E-state index contributed by atoms with van der Waals surface area (Å²) in [5, 5.41) is 10.9. The second-order valence-corrected chi connectivity index (χ2v) is 5.57. The van der Waals surface area contributed by atoms with Crippen molar-refractivity contribution in [2.75, 3.05) is 13.6 Å². The fraction of sp³-hybridized carbons (Fsp3) is 0.400. The van der Waals surface area contributed by atoms with Gasteiger partial charge in [0.1, 0.15) is 0 Å². The van der Waals surface area contributed by atoms with Crippen molar-refractivity contribution in [2.24, 2.45) is 0 Å². The minimum atomic E-state index is -0.388. The van der Waals surface area contributed by atoms with Crippen LogP contribution in [0.4, 0.5) is 0 Å². The molecule has 1 unspecified atom stereocenters. The zero-order valence-electron chi connectivity index (χ0n) is 11.7. The molecule has 0 bridgehead atoms. The molecule has 1 amide bonds.